The van der Waals surface area contributed by atoms with Gasteiger partial charge < -0.3 is 15.1 Å². The molecule has 1 unspecified atom stereocenters. The second-order valence-electron chi connectivity index (χ2n) is 6.37. The molecule has 1 aromatic carbocycles. The van der Waals surface area contributed by atoms with Crippen molar-refractivity contribution < 1.29 is 9.59 Å². The lowest BCUT2D eigenvalue weighted by atomic mass is 9.97. The van der Waals surface area contributed by atoms with Crippen LogP contribution in [0.4, 0.5) is 0 Å². The highest BCUT2D eigenvalue weighted by atomic mass is 16.2. The Bertz CT molecular complexity index is 550. The Hall–Kier alpha value is -1.88. The number of carbonyl (C=O) groups excluding carboxylic acids is 2. The third-order valence-electron chi connectivity index (χ3n) is 4.73. The highest BCUT2D eigenvalue weighted by molar-refractivity contribution is 5.97. The third kappa shape index (κ3) is 4.35. The Morgan fingerprint density at radius 3 is 2.38 bits per heavy atom. The first kappa shape index (κ1) is 18.5. The number of hydrogen-bond acceptors (Lipinski definition) is 3. The van der Waals surface area contributed by atoms with Crippen molar-refractivity contribution in [3.63, 3.8) is 0 Å². The predicted molar refractivity (Wildman–Crippen MR) is 96.2 cm³/mol. The lowest BCUT2D eigenvalue weighted by molar-refractivity contribution is 0.0673. The van der Waals surface area contributed by atoms with Gasteiger partial charge in [0.05, 0.1) is 0 Å². The molecule has 1 aliphatic rings. The maximum Gasteiger partial charge on any atom is 0.253 e. The van der Waals surface area contributed by atoms with E-state index in [2.05, 4.69) is 5.32 Å². The quantitative estimate of drug-likeness (QED) is 0.870. The van der Waals surface area contributed by atoms with E-state index in [9.17, 15) is 9.59 Å². The highest BCUT2D eigenvalue weighted by Gasteiger charge is 2.24. The standard InChI is InChI=1S/C19H29N3O2/c1-4-21(5-2)18(23)16-8-10-17(11-9-16)19(24)22-12-6-7-15(14-22)13-20-3/h8-11,15,20H,4-7,12-14H2,1-3H3. The van der Waals surface area contributed by atoms with Gasteiger partial charge in [0.25, 0.3) is 11.8 Å². The van der Waals surface area contributed by atoms with Crippen LogP contribution in [0.15, 0.2) is 24.3 Å². The first-order valence-electron chi connectivity index (χ1n) is 8.93. The second kappa shape index (κ2) is 8.83. The summed E-state index contributed by atoms with van der Waals surface area (Å²) in [6.45, 7) is 7.89. The lowest BCUT2D eigenvalue weighted by Gasteiger charge is -2.32. The fourth-order valence-corrected chi connectivity index (χ4v) is 3.34. The molecule has 0 aliphatic carbocycles. The van der Waals surface area contributed by atoms with Crippen LogP contribution in [-0.2, 0) is 0 Å². The monoisotopic (exact) mass is 331 g/mol. The average Bonchev–Trinajstić information content (AvgIpc) is 2.62. The van der Waals surface area contributed by atoms with E-state index < -0.39 is 0 Å². The first-order chi connectivity index (χ1) is 11.6. The van der Waals surface area contributed by atoms with Crippen LogP contribution in [0.25, 0.3) is 0 Å². The van der Waals surface area contributed by atoms with Crippen LogP contribution >= 0.6 is 0 Å². The fourth-order valence-electron chi connectivity index (χ4n) is 3.34. The normalized spacial score (nSPS) is 17.6. The highest BCUT2D eigenvalue weighted by Crippen LogP contribution is 2.18. The lowest BCUT2D eigenvalue weighted by Crippen LogP contribution is -2.42. The number of benzene rings is 1. The number of hydrogen-bond donors (Lipinski definition) is 1. The molecule has 2 amide bonds. The zero-order valence-corrected chi connectivity index (χ0v) is 15.0. The van der Waals surface area contributed by atoms with Crippen molar-refractivity contribution in [2.75, 3.05) is 39.8 Å². The summed E-state index contributed by atoms with van der Waals surface area (Å²) in [5.41, 5.74) is 1.30. The molecular formula is C19H29N3O2. The third-order valence-corrected chi connectivity index (χ3v) is 4.73. The summed E-state index contributed by atoms with van der Waals surface area (Å²) >= 11 is 0. The Balaban J connectivity index is 2.04. The molecule has 0 radical (unpaired) electrons. The predicted octanol–water partition coefficient (Wildman–Crippen LogP) is 2.24. The van der Waals surface area contributed by atoms with Gasteiger partial charge in [-0.15, -0.1) is 0 Å². The minimum absolute atomic E-state index is 0.0195. The molecule has 1 saturated heterocycles. The van der Waals surface area contributed by atoms with Crippen molar-refractivity contribution in [3.05, 3.63) is 35.4 Å². The average molecular weight is 331 g/mol. The van der Waals surface area contributed by atoms with E-state index >= 15 is 0 Å². The molecule has 5 heteroatoms. The molecule has 0 saturated carbocycles. The minimum atomic E-state index is 0.0195. The van der Waals surface area contributed by atoms with E-state index in [1.807, 2.05) is 25.8 Å². The molecule has 1 aliphatic heterocycles. The molecular weight excluding hydrogens is 302 g/mol. The van der Waals surface area contributed by atoms with Crippen molar-refractivity contribution in [2.24, 2.45) is 5.92 Å². The molecule has 0 aromatic heterocycles. The zero-order chi connectivity index (χ0) is 17.5. The fraction of sp³-hybridized carbons (Fsp3) is 0.579. The molecule has 132 valence electrons. The molecule has 0 bridgehead atoms. The van der Waals surface area contributed by atoms with Gasteiger partial charge in [-0.25, -0.2) is 0 Å². The van der Waals surface area contributed by atoms with Gasteiger partial charge in [-0.3, -0.25) is 9.59 Å². The molecule has 0 spiro atoms. The maximum atomic E-state index is 12.7. The van der Waals surface area contributed by atoms with E-state index in [0.717, 1.165) is 26.1 Å². The molecule has 1 aromatic rings. The molecule has 5 nitrogen and oxygen atoms in total. The SMILES string of the molecule is CCN(CC)C(=O)c1ccc(C(=O)N2CCCC(CNC)C2)cc1. The van der Waals surface area contributed by atoms with Crippen molar-refractivity contribution in [1.82, 2.24) is 15.1 Å². The van der Waals surface area contributed by atoms with Gasteiger partial charge in [0.1, 0.15) is 0 Å². The van der Waals surface area contributed by atoms with Gasteiger partial charge in [0, 0.05) is 37.3 Å². The van der Waals surface area contributed by atoms with Crippen LogP contribution in [0.2, 0.25) is 0 Å². The summed E-state index contributed by atoms with van der Waals surface area (Å²) < 4.78 is 0. The van der Waals surface area contributed by atoms with E-state index in [4.69, 9.17) is 0 Å². The molecule has 1 N–H and O–H groups in total. The summed E-state index contributed by atoms with van der Waals surface area (Å²) in [6.07, 6.45) is 2.22. The van der Waals surface area contributed by atoms with E-state index in [0.29, 0.717) is 30.1 Å². The maximum absolute atomic E-state index is 12.7. The Morgan fingerprint density at radius 1 is 1.17 bits per heavy atom. The Morgan fingerprint density at radius 2 is 1.79 bits per heavy atom. The zero-order valence-electron chi connectivity index (χ0n) is 15.0. The smallest absolute Gasteiger partial charge is 0.253 e. The molecule has 1 fully saturated rings. The summed E-state index contributed by atoms with van der Waals surface area (Å²) in [4.78, 5) is 28.7. The van der Waals surface area contributed by atoms with E-state index in [1.54, 1.807) is 29.2 Å². The number of nitrogens with zero attached hydrogens (tertiary/aromatic N) is 2. The van der Waals surface area contributed by atoms with Crippen LogP contribution in [0, 0.1) is 5.92 Å². The van der Waals surface area contributed by atoms with Gasteiger partial charge >= 0.3 is 0 Å². The number of amides is 2. The largest absolute Gasteiger partial charge is 0.339 e. The summed E-state index contributed by atoms with van der Waals surface area (Å²) in [7, 11) is 1.95. The van der Waals surface area contributed by atoms with Crippen LogP contribution in [0.3, 0.4) is 0 Å². The van der Waals surface area contributed by atoms with Crippen LogP contribution < -0.4 is 5.32 Å². The van der Waals surface area contributed by atoms with Crippen LogP contribution in [0.5, 0.6) is 0 Å². The molecule has 1 atom stereocenters. The van der Waals surface area contributed by atoms with E-state index in [-0.39, 0.29) is 11.8 Å². The Kier molecular flexibility index (Phi) is 6.79. The van der Waals surface area contributed by atoms with Gasteiger partial charge in [0.2, 0.25) is 0 Å². The van der Waals surface area contributed by atoms with Crippen LogP contribution in [-0.4, -0.2) is 61.4 Å². The minimum Gasteiger partial charge on any atom is -0.339 e. The van der Waals surface area contributed by atoms with Crippen molar-refractivity contribution in [3.8, 4) is 0 Å². The first-order valence-corrected chi connectivity index (χ1v) is 8.93. The van der Waals surface area contributed by atoms with E-state index in [1.165, 1.54) is 6.42 Å². The molecule has 1 heterocycles. The number of nitrogens with one attached hydrogen (secondary N) is 1. The Labute approximate surface area is 145 Å². The van der Waals surface area contributed by atoms with Crippen molar-refractivity contribution >= 4 is 11.8 Å². The summed E-state index contributed by atoms with van der Waals surface area (Å²) in [5.74, 6) is 0.611. The molecule has 24 heavy (non-hydrogen) atoms. The second-order valence-corrected chi connectivity index (χ2v) is 6.37. The van der Waals surface area contributed by atoms with Crippen molar-refractivity contribution in [1.29, 1.82) is 0 Å². The molecule has 2 rings (SSSR count). The van der Waals surface area contributed by atoms with Gasteiger partial charge in [-0.2, -0.15) is 0 Å². The van der Waals surface area contributed by atoms with Gasteiger partial charge in [-0.1, -0.05) is 0 Å². The summed E-state index contributed by atoms with van der Waals surface area (Å²) in [5, 5.41) is 3.20. The summed E-state index contributed by atoms with van der Waals surface area (Å²) in [6, 6.07) is 7.09. The van der Waals surface area contributed by atoms with Gasteiger partial charge in [-0.05, 0) is 70.5 Å². The van der Waals surface area contributed by atoms with Crippen LogP contribution in [0.1, 0.15) is 47.4 Å². The van der Waals surface area contributed by atoms with Gasteiger partial charge in [0.15, 0.2) is 0 Å². The number of carbonyl (C=O) groups is 2. The number of likely N-dealkylation sites (tertiary alicyclic amines) is 1. The van der Waals surface area contributed by atoms with Crippen molar-refractivity contribution in [2.45, 2.75) is 26.7 Å². The number of piperidine rings is 1. The number of rotatable bonds is 6. The topological polar surface area (TPSA) is 52.7 Å².